The number of carbonyl (C=O) groups is 2. The van der Waals surface area contributed by atoms with Crippen molar-refractivity contribution in [2.45, 2.75) is 194 Å². The van der Waals surface area contributed by atoms with Crippen LogP contribution in [0, 0.1) is 0 Å². The summed E-state index contributed by atoms with van der Waals surface area (Å²) in [6.07, 6.45) is 30.7. The van der Waals surface area contributed by atoms with Crippen LogP contribution in [0.5, 0.6) is 11.5 Å². The van der Waals surface area contributed by atoms with Gasteiger partial charge in [0.25, 0.3) is 0 Å². The average molecular weight is 587 g/mol. The third kappa shape index (κ3) is 20.9. The number of hydrogen-bond donors (Lipinski definition) is 0. The molecule has 0 spiro atoms. The van der Waals surface area contributed by atoms with E-state index in [0.29, 0.717) is 24.3 Å². The van der Waals surface area contributed by atoms with Crippen LogP contribution < -0.4 is 9.47 Å². The lowest BCUT2D eigenvalue weighted by Gasteiger charge is -2.15. The van der Waals surface area contributed by atoms with Gasteiger partial charge in [0.2, 0.25) is 0 Å². The Labute approximate surface area is 260 Å². The van der Waals surface area contributed by atoms with Crippen LogP contribution in [-0.4, -0.2) is 11.9 Å². The van der Waals surface area contributed by atoms with Gasteiger partial charge >= 0.3 is 11.9 Å². The normalized spacial score (nSPS) is 11.1. The standard InChI is InChI=1S/C38H66O4/c1-4-7-10-13-16-17-18-21-22-25-29-34-30-28-31-35(41-36(39)32-26-23-19-14-11-8-5-2)38(34)42-37(40)33-27-24-20-15-12-9-6-3/h28,30-31H,4-27,29,32-33H2,1-3H3. The Kier molecular flexibility index (Phi) is 25.4. The number of para-hydroxylation sites is 1. The summed E-state index contributed by atoms with van der Waals surface area (Å²) >= 11 is 0. The Morgan fingerprint density at radius 2 is 0.857 bits per heavy atom. The summed E-state index contributed by atoms with van der Waals surface area (Å²) in [7, 11) is 0. The molecule has 0 unspecified atom stereocenters. The highest BCUT2D eigenvalue weighted by molar-refractivity contribution is 5.76. The van der Waals surface area contributed by atoms with E-state index in [0.717, 1.165) is 44.1 Å². The molecule has 0 fully saturated rings. The predicted molar refractivity (Wildman–Crippen MR) is 178 cm³/mol. The van der Waals surface area contributed by atoms with Gasteiger partial charge in [0.1, 0.15) is 0 Å². The first-order valence-electron chi connectivity index (χ1n) is 18.2. The third-order valence-electron chi connectivity index (χ3n) is 8.27. The van der Waals surface area contributed by atoms with Crippen LogP contribution in [0.1, 0.15) is 193 Å². The maximum absolute atomic E-state index is 12.8. The molecule has 0 bridgehead atoms. The maximum Gasteiger partial charge on any atom is 0.311 e. The zero-order valence-electron chi connectivity index (χ0n) is 28.0. The monoisotopic (exact) mass is 586 g/mol. The minimum atomic E-state index is -0.232. The highest BCUT2D eigenvalue weighted by atomic mass is 16.6. The number of hydrogen-bond acceptors (Lipinski definition) is 4. The summed E-state index contributed by atoms with van der Waals surface area (Å²) in [5.74, 6) is 0.419. The molecule has 4 nitrogen and oxygen atoms in total. The molecule has 1 aromatic rings. The molecule has 0 aliphatic heterocycles. The Morgan fingerprint density at radius 3 is 1.31 bits per heavy atom. The van der Waals surface area contributed by atoms with E-state index in [1.807, 2.05) is 12.1 Å². The lowest BCUT2D eigenvalue weighted by Crippen LogP contribution is -2.13. The third-order valence-corrected chi connectivity index (χ3v) is 8.27. The molecule has 0 saturated carbocycles. The number of esters is 2. The number of aryl methyl sites for hydroxylation is 1. The van der Waals surface area contributed by atoms with E-state index in [-0.39, 0.29) is 11.9 Å². The number of unbranched alkanes of at least 4 members (excludes halogenated alkanes) is 21. The Balaban J connectivity index is 2.61. The van der Waals surface area contributed by atoms with Gasteiger partial charge < -0.3 is 9.47 Å². The largest absolute Gasteiger partial charge is 0.423 e. The van der Waals surface area contributed by atoms with Crippen molar-refractivity contribution < 1.29 is 19.1 Å². The van der Waals surface area contributed by atoms with Crippen LogP contribution in [0.4, 0.5) is 0 Å². The number of rotatable bonds is 29. The molecule has 0 heterocycles. The first kappa shape index (κ1) is 38.2. The van der Waals surface area contributed by atoms with Gasteiger partial charge in [-0.2, -0.15) is 0 Å². The first-order valence-corrected chi connectivity index (χ1v) is 18.2. The van der Waals surface area contributed by atoms with Gasteiger partial charge in [0.15, 0.2) is 11.5 Å². The van der Waals surface area contributed by atoms with Crippen molar-refractivity contribution >= 4 is 11.9 Å². The number of benzene rings is 1. The van der Waals surface area contributed by atoms with Gasteiger partial charge in [-0.25, -0.2) is 0 Å². The molecule has 0 N–H and O–H groups in total. The Bertz CT molecular complexity index is 787. The summed E-state index contributed by atoms with van der Waals surface area (Å²) in [6, 6.07) is 5.73. The number of ether oxygens (including phenoxy) is 2. The summed E-state index contributed by atoms with van der Waals surface area (Å²) < 4.78 is 11.7. The molecule has 242 valence electrons. The fraction of sp³-hybridized carbons (Fsp3) is 0.789. The smallest absolute Gasteiger partial charge is 0.311 e. The maximum atomic E-state index is 12.8. The zero-order valence-corrected chi connectivity index (χ0v) is 28.0. The van der Waals surface area contributed by atoms with Crippen LogP contribution in [0.25, 0.3) is 0 Å². The van der Waals surface area contributed by atoms with E-state index in [1.165, 1.54) is 122 Å². The lowest BCUT2D eigenvalue weighted by atomic mass is 10.0. The molecule has 0 saturated heterocycles. The van der Waals surface area contributed by atoms with Crippen LogP contribution in [-0.2, 0) is 16.0 Å². The van der Waals surface area contributed by atoms with Crippen molar-refractivity contribution in [2.24, 2.45) is 0 Å². The van der Waals surface area contributed by atoms with E-state index >= 15 is 0 Å². The Hall–Kier alpha value is -1.84. The van der Waals surface area contributed by atoms with Crippen molar-refractivity contribution in [3.05, 3.63) is 23.8 Å². The van der Waals surface area contributed by atoms with Gasteiger partial charge in [-0.3, -0.25) is 9.59 Å². The van der Waals surface area contributed by atoms with Gasteiger partial charge in [-0.1, -0.05) is 168 Å². The van der Waals surface area contributed by atoms with Crippen molar-refractivity contribution in [3.8, 4) is 11.5 Å². The first-order chi connectivity index (χ1) is 20.6. The molecule has 0 amide bonds. The predicted octanol–water partition coefficient (Wildman–Crippen LogP) is 12.2. The van der Waals surface area contributed by atoms with Crippen LogP contribution in [0.2, 0.25) is 0 Å². The van der Waals surface area contributed by atoms with Crippen molar-refractivity contribution in [1.82, 2.24) is 0 Å². The van der Waals surface area contributed by atoms with Gasteiger partial charge in [0, 0.05) is 12.8 Å². The van der Waals surface area contributed by atoms with Crippen LogP contribution in [0.15, 0.2) is 18.2 Å². The minimum absolute atomic E-state index is 0.219. The molecule has 1 rings (SSSR count). The average Bonchev–Trinajstić information content (AvgIpc) is 2.98. The highest BCUT2D eigenvalue weighted by Gasteiger charge is 2.18. The van der Waals surface area contributed by atoms with Crippen LogP contribution in [0.3, 0.4) is 0 Å². The summed E-state index contributed by atoms with van der Waals surface area (Å²) in [5.41, 5.74) is 0.976. The molecule has 1 aromatic carbocycles. The summed E-state index contributed by atoms with van der Waals surface area (Å²) in [4.78, 5) is 25.5. The fourth-order valence-corrected chi connectivity index (χ4v) is 5.55. The second kappa shape index (κ2) is 28.0. The molecule has 42 heavy (non-hydrogen) atoms. The molecular weight excluding hydrogens is 520 g/mol. The molecule has 0 aromatic heterocycles. The van der Waals surface area contributed by atoms with E-state index in [2.05, 4.69) is 20.8 Å². The van der Waals surface area contributed by atoms with E-state index in [9.17, 15) is 9.59 Å². The van der Waals surface area contributed by atoms with E-state index < -0.39 is 0 Å². The van der Waals surface area contributed by atoms with Gasteiger partial charge in [-0.15, -0.1) is 0 Å². The lowest BCUT2D eigenvalue weighted by molar-refractivity contribution is -0.137. The highest BCUT2D eigenvalue weighted by Crippen LogP contribution is 2.34. The molecule has 0 radical (unpaired) electrons. The molecule has 4 heteroatoms. The van der Waals surface area contributed by atoms with Crippen molar-refractivity contribution in [1.29, 1.82) is 0 Å². The fourth-order valence-electron chi connectivity index (χ4n) is 5.55. The van der Waals surface area contributed by atoms with Crippen molar-refractivity contribution in [2.75, 3.05) is 0 Å². The molecule has 0 aliphatic rings. The molecule has 0 aliphatic carbocycles. The summed E-state index contributed by atoms with van der Waals surface area (Å²) in [6.45, 7) is 6.72. The van der Waals surface area contributed by atoms with E-state index in [1.54, 1.807) is 6.07 Å². The molecule has 0 atom stereocenters. The Morgan fingerprint density at radius 1 is 0.476 bits per heavy atom. The van der Waals surface area contributed by atoms with Crippen LogP contribution >= 0.6 is 0 Å². The summed E-state index contributed by atoms with van der Waals surface area (Å²) in [5, 5.41) is 0. The SMILES string of the molecule is CCCCCCCCCCCCc1cccc(OC(=O)CCCCCCCCC)c1OC(=O)CCCCCCCCC. The zero-order chi connectivity index (χ0) is 30.5. The number of carbonyl (C=O) groups excluding carboxylic acids is 2. The molecular formula is C38H66O4. The van der Waals surface area contributed by atoms with Crippen molar-refractivity contribution in [3.63, 3.8) is 0 Å². The second-order valence-electron chi connectivity index (χ2n) is 12.4. The second-order valence-corrected chi connectivity index (χ2v) is 12.4. The van der Waals surface area contributed by atoms with Gasteiger partial charge in [0.05, 0.1) is 0 Å². The van der Waals surface area contributed by atoms with E-state index in [4.69, 9.17) is 9.47 Å². The quantitative estimate of drug-likeness (QED) is 0.0532. The minimum Gasteiger partial charge on any atom is -0.423 e. The van der Waals surface area contributed by atoms with Gasteiger partial charge in [-0.05, 0) is 37.3 Å². The topological polar surface area (TPSA) is 52.6 Å².